The maximum Gasteiger partial charge on any atom is 0.0686 e. The lowest BCUT2D eigenvalue weighted by molar-refractivity contribution is 0.639. The lowest BCUT2D eigenvalue weighted by atomic mass is 9.97. The van der Waals surface area contributed by atoms with E-state index in [1.807, 2.05) is 23.5 Å². The highest BCUT2D eigenvalue weighted by Crippen LogP contribution is 2.38. The normalized spacial score (nSPS) is 15.8. The summed E-state index contributed by atoms with van der Waals surface area (Å²) in [7, 11) is 0. The van der Waals surface area contributed by atoms with Gasteiger partial charge < -0.3 is 5.32 Å². The average molecular weight is 340 g/mol. The summed E-state index contributed by atoms with van der Waals surface area (Å²) in [6.45, 7) is 3.02. The maximum absolute atomic E-state index is 6.43. The minimum Gasteiger partial charge on any atom is -0.306 e. The molecule has 0 fully saturated rings. The summed E-state index contributed by atoms with van der Waals surface area (Å²) in [6.07, 6.45) is 5.07. The van der Waals surface area contributed by atoms with E-state index in [2.05, 4.69) is 24.4 Å². The van der Waals surface area contributed by atoms with Crippen molar-refractivity contribution in [2.24, 2.45) is 0 Å². The van der Waals surface area contributed by atoms with Gasteiger partial charge in [-0.1, -0.05) is 42.3 Å². The summed E-state index contributed by atoms with van der Waals surface area (Å²) in [5.74, 6) is 0. The smallest absolute Gasteiger partial charge is 0.0686 e. The van der Waals surface area contributed by atoms with Crippen molar-refractivity contribution in [2.75, 3.05) is 6.54 Å². The number of thiophene rings is 1. The molecular weight excluding hydrogens is 321 g/mol. The number of halogens is 2. The van der Waals surface area contributed by atoms with Crippen LogP contribution in [0.3, 0.4) is 0 Å². The van der Waals surface area contributed by atoms with Gasteiger partial charge in [0.15, 0.2) is 0 Å². The third-order valence-electron chi connectivity index (χ3n) is 4.00. The van der Waals surface area contributed by atoms with Gasteiger partial charge in [-0.05, 0) is 55.5 Å². The number of fused-ring (bicyclic) bond motifs is 1. The van der Waals surface area contributed by atoms with Crippen molar-refractivity contribution >= 4 is 34.5 Å². The molecule has 0 amide bonds. The van der Waals surface area contributed by atoms with Gasteiger partial charge in [-0.25, -0.2) is 0 Å². The van der Waals surface area contributed by atoms with Crippen molar-refractivity contribution < 1.29 is 0 Å². The second-order valence-corrected chi connectivity index (χ2v) is 7.39. The molecule has 3 rings (SSSR count). The highest BCUT2D eigenvalue weighted by atomic mass is 35.5. The van der Waals surface area contributed by atoms with E-state index in [0.29, 0.717) is 10.0 Å². The first-order chi connectivity index (χ1) is 10.2. The standard InChI is InChI=1S/C17H19Cl2NS/c1-2-20-17(12-7-5-8-13(18)16(12)19)15-10-11-6-3-4-9-14(11)21-15/h5,7-8,10,17,20H,2-4,6,9H2,1H3. The highest BCUT2D eigenvalue weighted by Gasteiger charge is 2.22. The van der Waals surface area contributed by atoms with Crippen molar-refractivity contribution in [2.45, 2.75) is 38.6 Å². The largest absolute Gasteiger partial charge is 0.306 e. The van der Waals surface area contributed by atoms with Crippen molar-refractivity contribution in [1.29, 1.82) is 0 Å². The molecule has 1 aromatic carbocycles. The Morgan fingerprint density at radius 1 is 1.24 bits per heavy atom. The topological polar surface area (TPSA) is 12.0 Å². The van der Waals surface area contributed by atoms with Gasteiger partial charge >= 0.3 is 0 Å². The first-order valence-corrected chi connectivity index (χ1v) is 9.06. The van der Waals surface area contributed by atoms with Gasteiger partial charge in [0.2, 0.25) is 0 Å². The molecule has 0 bridgehead atoms. The molecule has 4 heteroatoms. The molecule has 1 N–H and O–H groups in total. The molecule has 1 aliphatic rings. The second kappa shape index (κ2) is 6.70. The maximum atomic E-state index is 6.43. The van der Waals surface area contributed by atoms with Crippen LogP contribution in [0.2, 0.25) is 10.0 Å². The molecule has 21 heavy (non-hydrogen) atoms. The van der Waals surface area contributed by atoms with Gasteiger partial charge in [-0.15, -0.1) is 11.3 Å². The monoisotopic (exact) mass is 339 g/mol. The van der Waals surface area contributed by atoms with Crippen molar-refractivity contribution in [3.8, 4) is 0 Å². The fourth-order valence-corrected chi connectivity index (χ4v) is 4.74. The quantitative estimate of drug-likeness (QED) is 0.760. The van der Waals surface area contributed by atoms with E-state index >= 15 is 0 Å². The predicted octanol–water partition coefficient (Wildman–Crippen LogP) is 5.63. The number of benzene rings is 1. The molecule has 0 aliphatic heterocycles. The van der Waals surface area contributed by atoms with E-state index < -0.39 is 0 Å². The van der Waals surface area contributed by atoms with Crippen LogP contribution in [0, 0.1) is 0 Å². The number of rotatable bonds is 4. The lowest BCUT2D eigenvalue weighted by Gasteiger charge is -2.19. The van der Waals surface area contributed by atoms with Crippen molar-refractivity contribution in [3.63, 3.8) is 0 Å². The van der Waals surface area contributed by atoms with Crippen LogP contribution in [0.4, 0.5) is 0 Å². The van der Waals surface area contributed by atoms with E-state index in [9.17, 15) is 0 Å². The zero-order valence-corrected chi connectivity index (χ0v) is 14.4. The molecule has 2 aromatic rings. The highest BCUT2D eigenvalue weighted by molar-refractivity contribution is 7.12. The summed E-state index contributed by atoms with van der Waals surface area (Å²) in [6, 6.07) is 8.39. The molecule has 1 nitrogen and oxygen atoms in total. The van der Waals surface area contributed by atoms with Crippen LogP contribution in [0.15, 0.2) is 24.3 Å². The third-order valence-corrected chi connectivity index (χ3v) is 6.14. The molecule has 112 valence electrons. The molecule has 1 unspecified atom stereocenters. The number of hydrogen-bond donors (Lipinski definition) is 1. The first-order valence-electron chi connectivity index (χ1n) is 7.49. The summed E-state index contributed by atoms with van der Waals surface area (Å²) < 4.78 is 0. The molecule has 1 atom stereocenters. The molecule has 0 radical (unpaired) electrons. The Labute approximate surface area is 140 Å². The number of aryl methyl sites for hydroxylation is 2. The Kier molecular flexibility index (Phi) is 4.90. The van der Waals surface area contributed by atoms with Crippen LogP contribution in [0.1, 0.15) is 46.7 Å². The molecule has 0 saturated heterocycles. The van der Waals surface area contributed by atoms with Crippen LogP contribution in [0.25, 0.3) is 0 Å². The van der Waals surface area contributed by atoms with E-state index in [1.165, 1.54) is 36.1 Å². The van der Waals surface area contributed by atoms with E-state index in [4.69, 9.17) is 23.2 Å². The molecule has 1 aromatic heterocycles. The SMILES string of the molecule is CCNC(c1cc2c(s1)CCCC2)c1cccc(Cl)c1Cl. The Balaban J connectivity index is 2.01. The predicted molar refractivity (Wildman–Crippen MR) is 92.9 cm³/mol. The minimum absolute atomic E-state index is 0.136. The van der Waals surface area contributed by atoms with Gasteiger partial charge in [0.05, 0.1) is 16.1 Å². The fourth-order valence-electron chi connectivity index (χ4n) is 2.97. The Bertz CT molecular complexity index is 612. The van der Waals surface area contributed by atoms with E-state index in [1.54, 1.807) is 4.88 Å². The van der Waals surface area contributed by atoms with Crippen molar-refractivity contribution in [3.05, 3.63) is 55.2 Å². The summed E-state index contributed by atoms with van der Waals surface area (Å²) in [5, 5.41) is 4.85. The number of hydrogen-bond acceptors (Lipinski definition) is 2. The van der Waals surface area contributed by atoms with Gasteiger partial charge in [0.25, 0.3) is 0 Å². The molecule has 0 saturated carbocycles. The lowest BCUT2D eigenvalue weighted by Crippen LogP contribution is -2.21. The van der Waals surface area contributed by atoms with E-state index in [-0.39, 0.29) is 6.04 Å². The summed E-state index contributed by atoms with van der Waals surface area (Å²) in [5.41, 5.74) is 2.60. The number of nitrogens with one attached hydrogen (secondary N) is 1. The van der Waals surface area contributed by atoms with Crippen LogP contribution in [0.5, 0.6) is 0 Å². The molecule has 0 spiro atoms. The molecule has 1 heterocycles. The summed E-state index contributed by atoms with van der Waals surface area (Å²) in [4.78, 5) is 2.91. The van der Waals surface area contributed by atoms with Crippen LogP contribution in [-0.4, -0.2) is 6.54 Å². The van der Waals surface area contributed by atoms with Gasteiger partial charge in [-0.3, -0.25) is 0 Å². The Hall–Kier alpha value is -0.540. The zero-order valence-electron chi connectivity index (χ0n) is 12.1. The Morgan fingerprint density at radius 2 is 2.05 bits per heavy atom. The van der Waals surface area contributed by atoms with Crippen LogP contribution >= 0.6 is 34.5 Å². The minimum atomic E-state index is 0.136. The van der Waals surface area contributed by atoms with Gasteiger partial charge in [-0.2, -0.15) is 0 Å². The van der Waals surface area contributed by atoms with Crippen LogP contribution in [-0.2, 0) is 12.8 Å². The first kappa shape index (κ1) is 15.4. The van der Waals surface area contributed by atoms with Crippen molar-refractivity contribution in [1.82, 2.24) is 5.32 Å². The Morgan fingerprint density at radius 3 is 2.81 bits per heavy atom. The molecule has 1 aliphatic carbocycles. The fraction of sp³-hybridized carbons (Fsp3) is 0.412. The zero-order chi connectivity index (χ0) is 14.8. The van der Waals surface area contributed by atoms with Gasteiger partial charge in [0, 0.05) is 9.75 Å². The second-order valence-electron chi connectivity index (χ2n) is 5.44. The van der Waals surface area contributed by atoms with Gasteiger partial charge in [0.1, 0.15) is 0 Å². The summed E-state index contributed by atoms with van der Waals surface area (Å²) >= 11 is 14.6. The van der Waals surface area contributed by atoms with Crippen LogP contribution < -0.4 is 5.32 Å². The molecular formula is C17H19Cl2NS. The van der Waals surface area contributed by atoms with E-state index in [0.717, 1.165) is 12.1 Å². The average Bonchev–Trinajstić information content (AvgIpc) is 2.91. The third kappa shape index (κ3) is 3.14.